The van der Waals surface area contributed by atoms with Crippen molar-refractivity contribution in [3.63, 3.8) is 0 Å². The Morgan fingerprint density at radius 1 is 1.07 bits per heavy atom. The van der Waals surface area contributed by atoms with Gasteiger partial charge in [-0.2, -0.15) is 5.10 Å². The molecule has 0 spiro atoms. The number of benzene rings is 2. The maximum absolute atomic E-state index is 13.2. The molecule has 0 saturated heterocycles. The number of carbonyl (C=O) groups excluding carboxylic acids is 2. The van der Waals surface area contributed by atoms with Crippen LogP contribution < -0.4 is 4.90 Å². The van der Waals surface area contributed by atoms with Crippen molar-refractivity contribution >= 4 is 17.6 Å². The molecule has 3 aromatic rings. The maximum atomic E-state index is 13.2. The van der Waals surface area contributed by atoms with Crippen LogP contribution in [-0.4, -0.2) is 35.3 Å². The van der Waals surface area contributed by atoms with E-state index in [2.05, 4.69) is 5.10 Å². The normalized spacial score (nSPS) is 12.8. The van der Waals surface area contributed by atoms with Crippen LogP contribution in [-0.2, 0) is 11.2 Å². The monoisotopic (exact) mass is 375 g/mol. The van der Waals surface area contributed by atoms with Gasteiger partial charge in [-0.15, -0.1) is 0 Å². The summed E-state index contributed by atoms with van der Waals surface area (Å²) in [6.45, 7) is 4.51. The van der Waals surface area contributed by atoms with Crippen molar-refractivity contribution < 1.29 is 14.3 Å². The zero-order valence-electron chi connectivity index (χ0n) is 16.1. The third kappa shape index (κ3) is 2.87. The lowest BCUT2D eigenvalue weighted by molar-refractivity contribution is 0.0600. The number of hydrogen-bond acceptors (Lipinski definition) is 4. The summed E-state index contributed by atoms with van der Waals surface area (Å²) in [4.78, 5) is 26.7. The summed E-state index contributed by atoms with van der Waals surface area (Å²) in [5.74, 6) is -0.454. The Hall–Kier alpha value is -3.41. The Bertz CT molecular complexity index is 1080. The maximum Gasteiger partial charge on any atom is 0.337 e. The molecule has 1 aliphatic rings. The number of aryl methyl sites for hydroxylation is 1. The summed E-state index contributed by atoms with van der Waals surface area (Å²) in [6.07, 6.45) is 2.34. The predicted octanol–water partition coefficient (Wildman–Crippen LogP) is 3.48. The highest BCUT2D eigenvalue weighted by Gasteiger charge is 2.29. The van der Waals surface area contributed by atoms with Gasteiger partial charge in [0.05, 0.1) is 35.8 Å². The average Bonchev–Trinajstić information content (AvgIpc) is 3.30. The highest BCUT2D eigenvalue weighted by molar-refractivity contribution is 6.08. The van der Waals surface area contributed by atoms with E-state index in [-0.39, 0.29) is 11.9 Å². The molecular formula is C22H21N3O3. The largest absolute Gasteiger partial charge is 0.465 e. The van der Waals surface area contributed by atoms with Crippen LogP contribution in [0.1, 0.15) is 37.5 Å². The minimum atomic E-state index is -0.372. The molecule has 2 aromatic carbocycles. The summed E-state index contributed by atoms with van der Waals surface area (Å²) in [5, 5.41) is 4.45. The van der Waals surface area contributed by atoms with Crippen molar-refractivity contribution in [1.29, 1.82) is 0 Å². The number of methoxy groups -OCH3 is 1. The van der Waals surface area contributed by atoms with E-state index in [4.69, 9.17) is 4.74 Å². The number of para-hydroxylation sites is 1. The van der Waals surface area contributed by atoms with Crippen LogP contribution in [0, 0.1) is 13.8 Å². The summed E-state index contributed by atoms with van der Waals surface area (Å²) in [7, 11) is 1.36. The minimum absolute atomic E-state index is 0.0816. The van der Waals surface area contributed by atoms with Gasteiger partial charge in [0.15, 0.2) is 0 Å². The van der Waals surface area contributed by atoms with Gasteiger partial charge in [0, 0.05) is 12.2 Å². The number of amides is 1. The lowest BCUT2D eigenvalue weighted by Gasteiger charge is -2.17. The van der Waals surface area contributed by atoms with E-state index in [9.17, 15) is 9.59 Å². The van der Waals surface area contributed by atoms with Gasteiger partial charge in [-0.05, 0) is 55.7 Å². The SMILES string of the molecule is COC(=O)c1ccc2c(c1)CCN2C(=O)c1cnn(-c2ccccc2C)c1C. The molecule has 1 amide bonds. The van der Waals surface area contributed by atoms with Gasteiger partial charge in [0.1, 0.15) is 0 Å². The lowest BCUT2D eigenvalue weighted by atomic mass is 10.1. The molecule has 0 N–H and O–H groups in total. The second-order valence-electron chi connectivity index (χ2n) is 6.88. The summed E-state index contributed by atoms with van der Waals surface area (Å²) >= 11 is 0. The Morgan fingerprint density at radius 2 is 1.86 bits per heavy atom. The fourth-order valence-corrected chi connectivity index (χ4v) is 3.67. The highest BCUT2D eigenvalue weighted by atomic mass is 16.5. The van der Waals surface area contributed by atoms with Gasteiger partial charge in [0.2, 0.25) is 0 Å². The highest BCUT2D eigenvalue weighted by Crippen LogP contribution is 2.31. The Kier molecular flexibility index (Phi) is 4.47. The van der Waals surface area contributed by atoms with Crippen LogP contribution in [0.3, 0.4) is 0 Å². The fraction of sp³-hybridized carbons (Fsp3) is 0.227. The quantitative estimate of drug-likeness (QED) is 0.658. The van der Waals surface area contributed by atoms with Crippen molar-refractivity contribution in [1.82, 2.24) is 9.78 Å². The van der Waals surface area contributed by atoms with E-state index in [1.54, 1.807) is 27.9 Å². The number of hydrogen-bond donors (Lipinski definition) is 0. The van der Waals surface area contributed by atoms with E-state index < -0.39 is 0 Å². The second kappa shape index (κ2) is 6.96. The van der Waals surface area contributed by atoms with E-state index >= 15 is 0 Å². The number of carbonyl (C=O) groups is 2. The van der Waals surface area contributed by atoms with Gasteiger partial charge < -0.3 is 9.64 Å². The third-order valence-corrected chi connectivity index (χ3v) is 5.23. The summed E-state index contributed by atoms with van der Waals surface area (Å²) in [6, 6.07) is 13.3. The Morgan fingerprint density at radius 3 is 2.61 bits per heavy atom. The van der Waals surface area contributed by atoms with E-state index in [0.717, 1.165) is 28.2 Å². The van der Waals surface area contributed by atoms with E-state index in [1.165, 1.54) is 7.11 Å². The molecular weight excluding hydrogens is 354 g/mol. The molecule has 0 fully saturated rings. The summed E-state index contributed by atoms with van der Waals surface area (Å²) < 4.78 is 6.58. The van der Waals surface area contributed by atoms with Crippen molar-refractivity contribution in [2.75, 3.05) is 18.6 Å². The number of ether oxygens (including phenoxy) is 1. The van der Waals surface area contributed by atoms with Crippen LogP contribution in [0.4, 0.5) is 5.69 Å². The topological polar surface area (TPSA) is 64.4 Å². The number of esters is 1. The zero-order valence-corrected chi connectivity index (χ0v) is 16.1. The standard InChI is InChI=1S/C22H21N3O3/c1-14-6-4-5-7-19(14)25-15(2)18(13-23-25)21(26)24-11-10-16-12-17(22(27)28-3)8-9-20(16)24/h4-9,12-13H,10-11H2,1-3H3. The molecule has 6 heteroatoms. The molecule has 28 heavy (non-hydrogen) atoms. The number of nitrogens with zero attached hydrogens (tertiary/aromatic N) is 3. The molecule has 0 unspecified atom stereocenters. The third-order valence-electron chi connectivity index (χ3n) is 5.23. The van der Waals surface area contributed by atoms with Gasteiger partial charge in [-0.25, -0.2) is 9.48 Å². The number of aromatic nitrogens is 2. The average molecular weight is 375 g/mol. The first-order valence-corrected chi connectivity index (χ1v) is 9.15. The van der Waals surface area contributed by atoms with E-state index in [0.29, 0.717) is 24.1 Å². The first kappa shape index (κ1) is 18.0. The van der Waals surface area contributed by atoms with Crippen LogP contribution in [0.2, 0.25) is 0 Å². The first-order valence-electron chi connectivity index (χ1n) is 9.15. The molecule has 1 aliphatic heterocycles. The smallest absolute Gasteiger partial charge is 0.337 e. The molecule has 2 heterocycles. The number of fused-ring (bicyclic) bond motifs is 1. The molecule has 0 aliphatic carbocycles. The van der Waals surface area contributed by atoms with Crippen LogP contribution in [0.15, 0.2) is 48.7 Å². The molecule has 0 radical (unpaired) electrons. The van der Waals surface area contributed by atoms with Crippen molar-refractivity contribution in [2.24, 2.45) is 0 Å². The Labute approximate surface area is 163 Å². The molecule has 0 bridgehead atoms. The molecule has 6 nitrogen and oxygen atoms in total. The second-order valence-corrected chi connectivity index (χ2v) is 6.88. The van der Waals surface area contributed by atoms with Gasteiger partial charge in [0.25, 0.3) is 5.91 Å². The molecule has 0 saturated carbocycles. The van der Waals surface area contributed by atoms with Gasteiger partial charge >= 0.3 is 5.97 Å². The zero-order chi connectivity index (χ0) is 19.8. The molecule has 0 atom stereocenters. The minimum Gasteiger partial charge on any atom is -0.465 e. The fourth-order valence-electron chi connectivity index (χ4n) is 3.67. The van der Waals surface area contributed by atoms with Crippen LogP contribution >= 0.6 is 0 Å². The number of rotatable bonds is 3. The van der Waals surface area contributed by atoms with Crippen molar-refractivity contribution in [3.05, 3.63) is 76.6 Å². The first-order chi connectivity index (χ1) is 13.5. The molecule has 1 aromatic heterocycles. The molecule has 142 valence electrons. The van der Waals surface area contributed by atoms with Crippen molar-refractivity contribution in [3.8, 4) is 5.69 Å². The predicted molar refractivity (Wildman–Crippen MR) is 106 cm³/mol. The lowest BCUT2D eigenvalue weighted by Crippen LogP contribution is -2.29. The van der Waals surface area contributed by atoms with E-state index in [1.807, 2.05) is 44.2 Å². The summed E-state index contributed by atoms with van der Waals surface area (Å²) in [5.41, 5.74) is 5.74. The van der Waals surface area contributed by atoms with Crippen molar-refractivity contribution in [2.45, 2.75) is 20.3 Å². The van der Waals surface area contributed by atoms with Gasteiger partial charge in [-0.1, -0.05) is 18.2 Å². The van der Waals surface area contributed by atoms with Crippen LogP contribution in [0.25, 0.3) is 5.69 Å². The molecule has 4 rings (SSSR count). The van der Waals surface area contributed by atoms with Crippen LogP contribution in [0.5, 0.6) is 0 Å². The van der Waals surface area contributed by atoms with Gasteiger partial charge in [-0.3, -0.25) is 4.79 Å². The number of anilines is 1. The Balaban J connectivity index is 1.66.